The fraction of sp³-hybridized carbons (Fsp3) is 1.00. The van der Waals surface area contributed by atoms with Crippen molar-refractivity contribution in [2.75, 3.05) is 19.8 Å². The van der Waals surface area contributed by atoms with Crippen LogP contribution in [0.4, 0.5) is 0 Å². The van der Waals surface area contributed by atoms with Gasteiger partial charge < -0.3 is 9.84 Å². The van der Waals surface area contributed by atoms with Crippen LogP contribution in [0.2, 0.25) is 0 Å². The van der Waals surface area contributed by atoms with Crippen LogP contribution in [0.1, 0.15) is 84.5 Å². The van der Waals surface area contributed by atoms with E-state index in [2.05, 4.69) is 16.7 Å². The Morgan fingerprint density at radius 1 is 0.762 bits per heavy atom. The van der Waals surface area contributed by atoms with Crippen molar-refractivity contribution in [3.05, 3.63) is 0 Å². The second-order valence-corrected chi connectivity index (χ2v) is 5.54. The lowest BCUT2D eigenvalue weighted by atomic mass is 10.1. The first kappa shape index (κ1) is 20.8. The molecule has 4 heteroatoms. The second kappa shape index (κ2) is 17.9. The molecular formula is C17H36O4. The van der Waals surface area contributed by atoms with E-state index in [1.807, 2.05) is 6.92 Å². The molecule has 4 nitrogen and oxygen atoms in total. The number of unbranched alkanes of at least 4 members (excludes halogenated alkanes) is 9. The van der Waals surface area contributed by atoms with E-state index < -0.39 is 6.29 Å². The van der Waals surface area contributed by atoms with Crippen LogP contribution in [0, 0.1) is 0 Å². The molecule has 0 fully saturated rings. The third-order valence-electron chi connectivity index (χ3n) is 3.45. The predicted octanol–water partition coefficient (Wildman–Crippen LogP) is 4.60. The molecule has 0 saturated carbocycles. The molecule has 0 aromatic rings. The van der Waals surface area contributed by atoms with Crippen molar-refractivity contribution in [1.82, 2.24) is 0 Å². The summed E-state index contributed by atoms with van der Waals surface area (Å²) in [5, 5.41) is 9.33. The Hall–Kier alpha value is -0.160. The fourth-order valence-electron chi connectivity index (χ4n) is 2.17. The molecule has 0 aliphatic rings. The highest BCUT2D eigenvalue weighted by molar-refractivity contribution is 4.47. The third kappa shape index (κ3) is 17.8. The van der Waals surface area contributed by atoms with Crippen molar-refractivity contribution in [3.8, 4) is 0 Å². The van der Waals surface area contributed by atoms with Gasteiger partial charge in [-0.1, -0.05) is 64.7 Å². The number of aliphatic hydroxyl groups excluding tert-OH is 1. The number of hydrogen-bond donors (Lipinski definition) is 1. The van der Waals surface area contributed by atoms with Crippen LogP contribution in [-0.2, 0) is 14.5 Å². The molecule has 0 heterocycles. The summed E-state index contributed by atoms with van der Waals surface area (Å²) >= 11 is 0. The molecule has 0 bridgehead atoms. The monoisotopic (exact) mass is 304 g/mol. The van der Waals surface area contributed by atoms with Crippen LogP contribution >= 0.6 is 0 Å². The van der Waals surface area contributed by atoms with Gasteiger partial charge in [-0.15, -0.1) is 0 Å². The maximum absolute atomic E-state index is 9.33. The second-order valence-electron chi connectivity index (χ2n) is 5.54. The first-order valence-corrected chi connectivity index (χ1v) is 8.85. The minimum Gasteiger partial charge on any atom is -0.381 e. The van der Waals surface area contributed by atoms with Crippen LogP contribution < -0.4 is 0 Å². The maximum Gasteiger partial charge on any atom is 0.190 e. The van der Waals surface area contributed by atoms with Crippen molar-refractivity contribution in [2.24, 2.45) is 0 Å². The molecule has 0 aromatic carbocycles. The van der Waals surface area contributed by atoms with Crippen molar-refractivity contribution in [1.29, 1.82) is 0 Å². The van der Waals surface area contributed by atoms with E-state index in [4.69, 9.17) is 4.74 Å². The summed E-state index contributed by atoms with van der Waals surface area (Å²) in [6.07, 6.45) is 12.9. The van der Waals surface area contributed by atoms with Gasteiger partial charge in [0.2, 0.25) is 0 Å². The summed E-state index contributed by atoms with van der Waals surface area (Å²) in [5.74, 6) is 0. The van der Waals surface area contributed by atoms with Gasteiger partial charge >= 0.3 is 0 Å². The SMILES string of the molecule is CCCCCCCCCCCCOCCC(O)OOCC. The van der Waals surface area contributed by atoms with Gasteiger partial charge in [0, 0.05) is 13.0 Å². The van der Waals surface area contributed by atoms with Crippen molar-refractivity contribution < 1.29 is 19.6 Å². The lowest BCUT2D eigenvalue weighted by Crippen LogP contribution is -2.15. The van der Waals surface area contributed by atoms with Gasteiger partial charge in [0.1, 0.15) is 0 Å². The predicted molar refractivity (Wildman–Crippen MR) is 86.0 cm³/mol. The first-order chi connectivity index (χ1) is 10.3. The van der Waals surface area contributed by atoms with Crippen LogP contribution in [0.15, 0.2) is 0 Å². The molecule has 0 radical (unpaired) electrons. The van der Waals surface area contributed by atoms with Crippen molar-refractivity contribution in [3.63, 3.8) is 0 Å². The summed E-state index contributed by atoms with van der Waals surface area (Å²) in [6.45, 7) is 5.81. The molecule has 1 N–H and O–H groups in total. The third-order valence-corrected chi connectivity index (χ3v) is 3.45. The highest BCUT2D eigenvalue weighted by Gasteiger charge is 2.04. The van der Waals surface area contributed by atoms with Gasteiger partial charge in [0.05, 0.1) is 13.2 Å². The highest BCUT2D eigenvalue weighted by Crippen LogP contribution is 2.10. The van der Waals surface area contributed by atoms with E-state index in [0.717, 1.165) is 13.0 Å². The number of hydrogen-bond acceptors (Lipinski definition) is 4. The maximum atomic E-state index is 9.33. The zero-order valence-electron chi connectivity index (χ0n) is 14.1. The van der Waals surface area contributed by atoms with Crippen LogP contribution in [-0.4, -0.2) is 31.2 Å². The molecule has 128 valence electrons. The number of ether oxygens (including phenoxy) is 1. The lowest BCUT2D eigenvalue weighted by Gasteiger charge is -2.10. The zero-order chi connectivity index (χ0) is 15.6. The minimum absolute atomic E-state index is 0.441. The highest BCUT2D eigenvalue weighted by atomic mass is 17.2. The van der Waals surface area contributed by atoms with Gasteiger partial charge in [0.25, 0.3) is 0 Å². The average Bonchev–Trinajstić information content (AvgIpc) is 2.49. The summed E-state index contributed by atoms with van der Waals surface area (Å²) in [4.78, 5) is 9.33. The van der Waals surface area contributed by atoms with Gasteiger partial charge in [-0.25, -0.2) is 9.78 Å². The minimum atomic E-state index is -0.877. The van der Waals surface area contributed by atoms with Gasteiger partial charge in [0.15, 0.2) is 6.29 Å². The van der Waals surface area contributed by atoms with Crippen LogP contribution in [0.3, 0.4) is 0 Å². The molecule has 0 saturated heterocycles. The molecule has 1 unspecified atom stereocenters. The van der Waals surface area contributed by atoms with E-state index in [1.165, 1.54) is 57.8 Å². The molecule has 0 spiro atoms. The molecule has 0 amide bonds. The Kier molecular flexibility index (Phi) is 17.8. The molecule has 1 atom stereocenters. The molecule has 0 rings (SSSR count). The van der Waals surface area contributed by atoms with E-state index in [-0.39, 0.29) is 0 Å². The topological polar surface area (TPSA) is 47.9 Å². The quantitative estimate of drug-likeness (QED) is 0.185. The van der Waals surface area contributed by atoms with E-state index in [9.17, 15) is 5.11 Å². The number of rotatable bonds is 17. The van der Waals surface area contributed by atoms with E-state index in [1.54, 1.807) is 0 Å². The van der Waals surface area contributed by atoms with Crippen LogP contribution in [0.25, 0.3) is 0 Å². The molecular weight excluding hydrogens is 268 g/mol. The average molecular weight is 304 g/mol. The lowest BCUT2D eigenvalue weighted by molar-refractivity contribution is -0.369. The summed E-state index contributed by atoms with van der Waals surface area (Å²) < 4.78 is 5.46. The van der Waals surface area contributed by atoms with E-state index >= 15 is 0 Å². The summed E-state index contributed by atoms with van der Waals surface area (Å²) in [5.41, 5.74) is 0. The Morgan fingerprint density at radius 2 is 1.33 bits per heavy atom. The Morgan fingerprint density at radius 3 is 1.90 bits per heavy atom. The number of aliphatic hydroxyl groups is 1. The van der Waals surface area contributed by atoms with Gasteiger partial charge in [-0.05, 0) is 13.3 Å². The smallest absolute Gasteiger partial charge is 0.190 e. The Bertz CT molecular complexity index is 188. The van der Waals surface area contributed by atoms with Crippen LogP contribution in [0.5, 0.6) is 0 Å². The summed E-state index contributed by atoms with van der Waals surface area (Å²) in [7, 11) is 0. The van der Waals surface area contributed by atoms with Gasteiger partial charge in [-0.2, -0.15) is 0 Å². The zero-order valence-corrected chi connectivity index (χ0v) is 14.1. The molecule has 0 aromatic heterocycles. The van der Waals surface area contributed by atoms with Crippen molar-refractivity contribution >= 4 is 0 Å². The van der Waals surface area contributed by atoms with Crippen molar-refractivity contribution in [2.45, 2.75) is 90.8 Å². The molecule has 21 heavy (non-hydrogen) atoms. The standard InChI is InChI=1S/C17H36O4/c1-3-5-6-7-8-9-10-11-12-13-15-19-16-14-17(18)21-20-4-2/h17-18H,3-16H2,1-2H3. The Balaban J connectivity index is 3.02. The largest absolute Gasteiger partial charge is 0.381 e. The Labute approximate surface area is 131 Å². The molecule has 0 aliphatic carbocycles. The van der Waals surface area contributed by atoms with E-state index in [0.29, 0.717) is 19.6 Å². The fourth-order valence-corrected chi connectivity index (χ4v) is 2.17. The first-order valence-electron chi connectivity index (χ1n) is 8.85. The van der Waals surface area contributed by atoms with Gasteiger partial charge in [-0.3, -0.25) is 0 Å². The normalized spacial score (nSPS) is 12.7. The summed E-state index contributed by atoms with van der Waals surface area (Å²) in [6, 6.07) is 0. The molecule has 0 aliphatic heterocycles.